The van der Waals surface area contributed by atoms with E-state index in [0.29, 0.717) is 12.8 Å². The van der Waals surface area contributed by atoms with Crippen LogP contribution in [0.4, 0.5) is 0 Å². The summed E-state index contributed by atoms with van der Waals surface area (Å²) in [6.45, 7) is 7.27. The maximum atomic E-state index is 13.4. The van der Waals surface area contributed by atoms with Crippen LogP contribution in [0.15, 0.2) is 30.3 Å². The van der Waals surface area contributed by atoms with Crippen molar-refractivity contribution in [2.75, 3.05) is 0 Å². The Kier molecular flexibility index (Phi) is 13.3. The third-order valence-corrected chi connectivity index (χ3v) is 6.53. The quantitative estimate of drug-likeness (QED) is 0.186. The van der Waals surface area contributed by atoms with Gasteiger partial charge in [-0.2, -0.15) is 0 Å². The van der Waals surface area contributed by atoms with Crippen LogP contribution in [-0.2, 0) is 30.4 Å². The first-order chi connectivity index (χ1) is 17.4. The lowest BCUT2D eigenvalue weighted by atomic mass is 9.96. The molecule has 3 amide bonds. The number of aliphatic carboxylic acids is 2. The van der Waals surface area contributed by atoms with Gasteiger partial charge in [-0.1, -0.05) is 70.9 Å². The predicted molar refractivity (Wildman–Crippen MR) is 137 cm³/mol. The minimum absolute atomic E-state index is 0.113. The number of amides is 3. The number of carbonyl (C=O) groups is 5. The molecule has 0 spiro atoms. The fourth-order valence-corrected chi connectivity index (χ4v) is 3.58. The third kappa shape index (κ3) is 10.6. The molecule has 0 aliphatic rings. The maximum Gasteiger partial charge on any atom is 0.326 e. The van der Waals surface area contributed by atoms with Gasteiger partial charge in [-0.3, -0.25) is 19.2 Å². The predicted octanol–water partition coefficient (Wildman–Crippen LogP) is 1.05. The fourth-order valence-electron chi connectivity index (χ4n) is 3.58. The number of rotatable bonds is 16. The molecule has 37 heavy (non-hydrogen) atoms. The minimum Gasteiger partial charge on any atom is -0.481 e. The van der Waals surface area contributed by atoms with E-state index in [4.69, 9.17) is 10.8 Å². The first-order valence-corrected chi connectivity index (χ1v) is 12.6. The van der Waals surface area contributed by atoms with E-state index >= 15 is 0 Å². The third-order valence-electron chi connectivity index (χ3n) is 6.53. The SMILES string of the molecule is CCC(C)C(N)C(=O)NC(Cc1ccccc1)C(=O)NC(C(=O)NC(CCC(=O)O)C(=O)O)C(C)CC. The highest BCUT2D eigenvalue weighted by Gasteiger charge is 2.33. The lowest BCUT2D eigenvalue weighted by molar-refractivity contribution is -0.143. The van der Waals surface area contributed by atoms with Crippen LogP contribution in [0.3, 0.4) is 0 Å². The maximum absolute atomic E-state index is 13.4. The number of carbonyl (C=O) groups excluding carboxylic acids is 3. The Morgan fingerprint density at radius 1 is 0.811 bits per heavy atom. The number of nitrogens with two attached hydrogens (primary N) is 1. The van der Waals surface area contributed by atoms with Gasteiger partial charge in [0.2, 0.25) is 17.7 Å². The van der Waals surface area contributed by atoms with E-state index in [2.05, 4.69) is 16.0 Å². The van der Waals surface area contributed by atoms with Crippen LogP contribution in [0.2, 0.25) is 0 Å². The molecule has 0 saturated heterocycles. The number of benzene rings is 1. The molecular formula is C26H40N4O7. The Balaban J connectivity index is 3.14. The molecular weight excluding hydrogens is 480 g/mol. The van der Waals surface area contributed by atoms with Crippen LogP contribution in [0, 0.1) is 11.8 Å². The van der Waals surface area contributed by atoms with Crippen molar-refractivity contribution in [1.29, 1.82) is 0 Å². The molecule has 11 heteroatoms. The smallest absolute Gasteiger partial charge is 0.326 e. The fraction of sp³-hybridized carbons (Fsp3) is 0.577. The number of nitrogens with one attached hydrogen (secondary N) is 3. The van der Waals surface area contributed by atoms with Crippen LogP contribution in [0.25, 0.3) is 0 Å². The van der Waals surface area contributed by atoms with Gasteiger partial charge < -0.3 is 31.9 Å². The molecule has 206 valence electrons. The Bertz CT molecular complexity index is 925. The molecule has 0 heterocycles. The van der Waals surface area contributed by atoms with E-state index in [0.717, 1.165) is 5.56 Å². The normalized spacial score (nSPS) is 15.8. The second-order valence-electron chi connectivity index (χ2n) is 9.37. The summed E-state index contributed by atoms with van der Waals surface area (Å²) in [6.07, 6.45) is 0.556. The molecule has 0 saturated carbocycles. The number of hydrogen-bond acceptors (Lipinski definition) is 6. The van der Waals surface area contributed by atoms with Crippen LogP contribution in [-0.4, -0.2) is 64.0 Å². The second kappa shape index (κ2) is 15.6. The molecule has 0 radical (unpaired) electrons. The van der Waals surface area contributed by atoms with Gasteiger partial charge in [0.25, 0.3) is 0 Å². The molecule has 0 bridgehead atoms. The average Bonchev–Trinajstić information content (AvgIpc) is 2.87. The van der Waals surface area contributed by atoms with Gasteiger partial charge in [0.15, 0.2) is 0 Å². The first-order valence-electron chi connectivity index (χ1n) is 12.6. The monoisotopic (exact) mass is 520 g/mol. The zero-order valence-corrected chi connectivity index (χ0v) is 21.9. The Morgan fingerprint density at radius 3 is 1.89 bits per heavy atom. The van der Waals surface area contributed by atoms with Crippen molar-refractivity contribution in [1.82, 2.24) is 16.0 Å². The molecule has 6 unspecified atom stereocenters. The van der Waals surface area contributed by atoms with E-state index in [-0.39, 0.29) is 24.7 Å². The summed E-state index contributed by atoms with van der Waals surface area (Å²) in [5, 5.41) is 26.0. The van der Waals surface area contributed by atoms with Crippen molar-refractivity contribution in [3.63, 3.8) is 0 Å². The summed E-state index contributed by atoms with van der Waals surface area (Å²) in [5.41, 5.74) is 6.84. The zero-order valence-electron chi connectivity index (χ0n) is 21.9. The van der Waals surface area contributed by atoms with Gasteiger partial charge in [0.1, 0.15) is 18.1 Å². The lowest BCUT2D eigenvalue weighted by Gasteiger charge is -2.28. The van der Waals surface area contributed by atoms with Gasteiger partial charge in [-0.15, -0.1) is 0 Å². The molecule has 6 atom stereocenters. The Labute approximate surface area is 217 Å². The van der Waals surface area contributed by atoms with Crippen molar-refractivity contribution in [2.45, 2.75) is 84.0 Å². The standard InChI is InChI=1S/C26H40N4O7/c1-5-15(3)21(27)24(34)29-19(14-17-10-8-7-9-11-17)23(33)30-22(16(4)6-2)25(35)28-18(26(36)37)12-13-20(31)32/h7-11,15-16,18-19,21-22H,5-6,12-14,27H2,1-4H3,(H,28,35)(H,29,34)(H,30,33)(H,31,32)(H,36,37). The summed E-state index contributed by atoms with van der Waals surface area (Å²) in [6, 6.07) is 4.64. The number of carboxylic acid groups (broad SMARTS) is 2. The molecule has 7 N–H and O–H groups in total. The number of carboxylic acids is 2. The molecule has 0 aliphatic heterocycles. The topological polar surface area (TPSA) is 188 Å². The van der Waals surface area contributed by atoms with Gasteiger partial charge in [-0.05, 0) is 23.8 Å². The van der Waals surface area contributed by atoms with Crippen LogP contribution < -0.4 is 21.7 Å². The van der Waals surface area contributed by atoms with Crippen LogP contribution >= 0.6 is 0 Å². The molecule has 0 aromatic heterocycles. The summed E-state index contributed by atoms with van der Waals surface area (Å²) >= 11 is 0. The van der Waals surface area contributed by atoms with Crippen LogP contribution in [0.5, 0.6) is 0 Å². The van der Waals surface area contributed by atoms with E-state index in [1.807, 2.05) is 26.8 Å². The van der Waals surface area contributed by atoms with Crippen molar-refractivity contribution in [2.24, 2.45) is 17.6 Å². The minimum atomic E-state index is -1.43. The van der Waals surface area contributed by atoms with Gasteiger partial charge in [-0.25, -0.2) is 4.79 Å². The van der Waals surface area contributed by atoms with Crippen molar-refractivity contribution < 1.29 is 34.2 Å². The van der Waals surface area contributed by atoms with E-state index in [9.17, 15) is 29.1 Å². The van der Waals surface area contributed by atoms with Crippen LogP contribution in [0.1, 0.15) is 58.9 Å². The second-order valence-corrected chi connectivity index (χ2v) is 9.37. The molecule has 1 aromatic rings. The largest absolute Gasteiger partial charge is 0.481 e. The van der Waals surface area contributed by atoms with E-state index in [1.54, 1.807) is 31.2 Å². The highest BCUT2D eigenvalue weighted by Crippen LogP contribution is 2.12. The molecule has 0 aliphatic carbocycles. The van der Waals surface area contributed by atoms with Gasteiger partial charge in [0.05, 0.1) is 6.04 Å². The molecule has 1 aromatic carbocycles. The summed E-state index contributed by atoms with van der Waals surface area (Å²) in [4.78, 5) is 61.6. The van der Waals surface area contributed by atoms with Gasteiger partial charge in [0, 0.05) is 12.8 Å². The highest BCUT2D eigenvalue weighted by molar-refractivity contribution is 5.94. The number of hydrogen-bond donors (Lipinski definition) is 6. The average molecular weight is 521 g/mol. The Hall–Kier alpha value is -3.47. The Morgan fingerprint density at radius 2 is 1.38 bits per heavy atom. The lowest BCUT2D eigenvalue weighted by Crippen LogP contribution is -2.59. The summed E-state index contributed by atoms with van der Waals surface area (Å²) in [5.74, 6) is -4.92. The van der Waals surface area contributed by atoms with E-state index < -0.39 is 60.2 Å². The molecule has 11 nitrogen and oxygen atoms in total. The van der Waals surface area contributed by atoms with Gasteiger partial charge >= 0.3 is 11.9 Å². The summed E-state index contributed by atoms with van der Waals surface area (Å²) in [7, 11) is 0. The summed E-state index contributed by atoms with van der Waals surface area (Å²) < 4.78 is 0. The van der Waals surface area contributed by atoms with Crippen molar-refractivity contribution in [3.8, 4) is 0 Å². The molecule has 1 rings (SSSR count). The van der Waals surface area contributed by atoms with Crippen molar-refractivity contribution in [3.05, 3.63) is 35.9 Å². The van der Waals surface area contributed by atoms with Crippen molar-refractivity contribution >= 4 is 29.7 Å². The highest BCUT2D eigenvalue weighted by atomic mass is 16.4. The zero-order chi connectivity index (χ0) is 28.1. The molecule has 0 fully saturated rings. The first kappa shape index (κ1) is 31.6. The van der Waals surface area contributed by atoms with E-state index in [1.165, 1.54) is 0 Å².